The summed E-state index contributed by atoms with van der Waals surface area (Å²) in [4.78, 5) is 14.8. The van der Waals surface area contributed by atoms with Gasteiger partial charge in [0.15, 0.2) is 0 Å². The highest BCUT2D eigenvalue weighted by molar-refractivity contribution is 5.92. The zero-order valence-electron chi connectivity index (χ0n) is 13.4. The average molecular weight is 310 g/mol. The fourth-order valence-corrected chi connectivity index (χ4v) is 2.98. The maximum atomic E-state index is 12.4. The van der Waals surface area contributed by atoms with Gasteiger partial charge in [-0.2, -0.15) is 0 Å². The van der Waals surface area contributed by atoms with Gasteiger partial charge in [0.1, 0.15) is 5.75 Å². The number of nitrogens with zero attached hydrogens (tertiary/aromatic N) is 1. The minimum atomic E-state index is 0.0705. The van der Waals surface area contributed by atoms with Crippen molar-refractivity contribution < 1.29 is 9.53 Å². The maximum Gasteiger partial charge on any atom is 0.227 e. The van der Waals surface area contributed by atoms with Gasteiger partial charge in [-0.1, -0.05) is 24.3 Å². The summed E-state index contributed by atoms with van der Waals surface area (Å²) in [5, 5.41) is 3.00. The van der Waals surface area contributed by atoms with Gasteiger partial charge in [-0.05, 0) is 37.1 Å². The van der Waals surface area contributed by atoms with E-state index in [1.54, 1.807) is 7.11 Å². The van der Waals surface area contributed by atoms with E-state index in [0.29, 0.717) is 0 Å². The number of para-hydroxylation sites is 1. The third kappa shape index (κ3) is 3.83. The molecule has 4 heteroatoms. The van der Waals surface area contributed by atoms with Crippen molar-refractivity contribution in [2.75, 3.05) is 30.4 Å². The van der Waals surface area contributed by atoms with Crippen molar-refractivity contribution in [2.45, 2.75) is 12.8 Å². The van der Waals surface area contributed by atoms with Gasteiger partial charge < -0.3 is 15.0 Å². The number of carbonyl (C=O) groups excluding carboxylic acids is 1. The van der Waals surface area contributed by atoms with Gasteiger partial charge in [0, 0.05) is 36.4 Å². The first-order valence-corrected chi connectivity index (χ1v) is 8.01. The summed E-state index contributed by atoms with van der Waals surface area (Å²) >= 11 is 0. The van der Waals surface area contributed by atoms with Gasteiger partial charge in [0.2, 0.25) is 5.91 Å². The SMILES string of the molecule is COc1cccc(NC(=O)C2CCN(c3ccccc3)CC2)c1. The molecule has 3 rings (SSSR count). The molecule has 1 N–H and O–H groups in total. The van der Waals surface area contributed by atoms with Crippen LogP contribution in [0.1, 0.15) is 12.8 Å². The zero-order chi connectivity index (χ0) is 16.1. The first-order chi connectivity index (χ1) is 11.3. The van der Waals surface area contributed by atoms with Crippen LogP contribution in [-0.4, -0.2) is 26.1 Å². The number of amides is 1. The van der Waals surface area contributed by atoms with Gasteiger partial charge in [0.05, 0.1) is 7.11 Å². The highest BCUT2D eigenvalue weighted by Crippen LogP contribution is 2.25. The number of hydrogen-bond acceptors (Lipinski definition) is 3. The Labute approximate surface area is 137 Å². The minimum absolute atomic E-state index is 0.0705. The summed E-state index contributed by atoms with van der Waals surface area (Å²) < 4.78 is 5.19. The second-order valence-electron chi connectivity index (χ2n) is 5.82. The number of rotatable bonds is 4. The van der Waals surface area contributed by atoms with Crippen molar-refractivity contribution in [1.29, 1.82) is 0 Å². The van der Waals surface area contributed by atoms with E-state index in [1.807, 2.05) is 30.3 Å². The molecular formula is C19H22N2O2. The molecule has 0 unspecified atom stereocenters. The third-order valence-electron chi connectivity index (χ3n) is 4.32. The molecule has 4 nitrogen and oxygen atoms in total. The Morgan fingerprint density at radius 3 is 2.52 bits per heavy atom. The van der Waals surface area contributed by atoms with Gasteiger partial charge in [-0.3, -0.25) is 4.79 Å². The standard InChI is InChI=1S/C19H22N2O2/c1-23-18-9-5-6-16(14-18)20-19(22)15-10-12-21(13-11-15)17-7-3-2-4-8-17/h2-9,14-15H,10-13H2,1H3,(H,20,22). The first kappa shape index (κ1) is 15.4. The molecule has 1 amide bonds. The molecule has 0 saturated carbocycles. The summed E-state index contributed by atoms with van der Waals surface area (Å²) in [6.07, 6.45) is 1.76. The van der Waals surface area contributed by atoms with Crippen molar-refractivity contribution in [1.82, 2.24) is 0 Å². The minimum Gasteiger partial charge on any atom is -0.497 e. The van der Waals surface area contributed by atoms with E-state index < -0.39 is 0 Å². The topological polar surface area (TPSA) is 41.6 Å². The number of ether oxygens (including phenoxy) is 1. The molecule has 2 aromatic rings. The van der Waals surface area contributed by atoms with Crippen molar-refractivity contribution in [3.8, 4) is 5.75 Å². The quantitative estimate of drug-likeness (QED) is 0.939. The molecule has 1 fully saturated rings. The predicted molar refractivity (Wildman–Crippen MR) is 93.0 cm³/mol. The maximum absolute atomic E-state index is 12.4. The summed E-state index contributed by atoms with van der Waals surface area (Å²) in [6, 6.07) is 17.9. The van der Waals surface area contributed by atoms with E-state index in [0.717, 1.165) is 37.4 Å². The predicted octanol–water partition coefficient (Wildman–Crippen LogP) is 3.55. The monoisotopic (exact) mass is 310 g/mol. The lowest BCUT2D eigenvalue weighted by Crippen LogP contribution is -2.38. The molecule has 0 spiro atoms. The highest BCUT2D eigenvalue weighted by Gasteiger charge is 2.25. The molecule has 1 aliphatic heterocycles. The Kier molecular flexibility index (Phi) is 4.81. The van der Waals surface area contributed by atoms with Crippen LogP contribution in [0.5, 0.6) is 5.75 Å². The normalized spacial score (nSPS) is 15.3. The second kappa shape index (κ2) is 7.18. The van der Waals surface area contributed by atoms with E-state index in [2.05, 4.69) is 34.5 Å². The fraction of sp³-hybridized carbons (Fsp3) is 0.316. The summed E-state index contributed by atoms with van der Waals surface area (Å²) in [6.45, 7) is 1.83. The molecular weight excluding hydrogens is 288 g/mol. The number of carbonyl (C=O) groups is 1. The average Bonchev–Trinajstić information content (AvgIpc) is 2.63. The zero-order valence-corrected chi connectivity index (χ0v) is 13.4. The number of anilines is 2. The largest absolute Gasteiger partial charge is 0.497 e. The molecule has 0 bridgehead atoms. The van der Waals surface area contributed by atoms with E-state index in [1.165, 1.54) is 5.69 Å². The Morgan fingerprint density at radius 1 is 1.09 bits per heavy atom. The molecule has 23 heavy (non-hydrogen) atoms. The van der Waals surface area contributed by atoms with Gasteiger partial charge in [-0.25, -0.2) is 0 Å². The van der Waals surface area contributed by atoms with Crippen molar-refractivity contribution >= 4 is 17.3 Å². The lowest BCUT2D eigenvalue weighted by Gasteiger charge is -2.33. The van der Waals surface area contributed by atoms with Crippen LogP contribution in [0, 0.1) is 5.92 Å². The van der Waals surface area contributed by atoms with Crippen LogP contribution >= 0.6 is 0 Å². The van der Waals surface area contributed by atoms with Crippen LogP contribution in [0.3, 0.4) is 0 Å². The number of piperidine rings is 1. The van der Waals surface area contributed by atoms with E-state index in [-0.39, 0.29) is 11.8 Å². The fourth-order valence-electron chi connectivity index (χ4n) is 2.98. The summed E-state index contributed by atoms with van der Waals surface area (Å²) in [7, 11) is 1.63. The van der Waals surface area contributed by atoms with Gasteiger partial charge >= 0.3 is 0 Å². The van der Waals surface area contributed by atoms with E-state index in [4.69, 9.17) is 4.74 Å². The van der Waals surface area contributed by atoms with Crippen LogP contribution in [0.4, 0.5) is 11.4 Å². The van der Waals surface area contributed by atoms with E-state index in [9.17, 15) is 4.79 Å². The van der Waals surface area contributed by atoms with Gasteiger partial charge in [-0.15, -0.1) is 0 Å². The molecule has 0 atom stereocenters. The Balaban J connectivity index is 1.56. The Hall–Kier alpha value is -2.49. The molecule has 0 aromatic heterocycles. The first-order valence-electron chi connectivity index (χ1n) is 8.01. The molecule has 2 aromatic carbocycles. The summed E-state index contributed by atoms with van der Waals surface area (Å²) in [5.74, 6) is 0.925. The Morgan fingerprint density at radius 2 is 1.83 bits per heavy atom. The second-order valence-corrected chi connectivity index (χ2v) is 5.82. The van der Waals surface area contributed by atoms with Crippen LogP contribution in [0.15, 0.2) is 54.6 Å². The van der Waals surface area contributed by atoms with Gasteiger partial charge in [0.25, 0.3) is 0 Å². The highest BCUT2D eigenvalue weighted by atomic mass is 16.5. The molecule has 120 valence electrons. The molecule has 1 aliphatic rings. The third-order valence-corrected chi connectivity index (χ3v) is 4.32. The number of benzene rings is 2. The number of nitrogens with one attached hydrogen (secondary N) is 1. The molecule has 1 saturated heterocycles. The molecule has 1 heterocycles. The van der Waals surface area contributed by atoms with Crippen molar-refractivity contribution in [2.24, 2.45) is 5.92 Å². The lowest BCUT2D eigenvalue weighted by atomic mass is 9.95. The lowest BCUT2D eigenvalue weighted by molar-refractivity contribution is -0.120. The molecule has 0 radical (unpaired) electrons. The van der Waals surface area contributed by atoms with Crippen molar-refractivity contribution in [3.63, 3.8) is 0 Å². The molecule has 0 aliphatic carbocycles. The Bertz CT molecular complexity index is 649. The van der Waals surface area contributed by atoms with Crippen LogP contribution < -0.4 is 15.0 Å². The van der Waals surface area contributed by atoms with E-state index >= 15 is 0 Å². The van der Waals surface area contributed by atoms with Crippen LogP contribution in [-0.2, 0) is 4.79 Å². The number of methoxy groups -OCH3 is 1. The van der Waals surface area contributed by atoms with Crippen molar-refractivity contribution in [3.05, 3.63) is 54.6 Å². The summed E-state index contributed by atoms with van der Waals surface area (Å²) in [5.41, 5.74) is 2.03. The smallest absolute Gasteiger partial charge is 0.227 e. The van der Waals surface area contributed by atoms with Crippen LogP contribution in [0.25, 0.3) is 0 Å². The number of hydrogen-bond donors (Lipinski definition) is 1. The van der Waals surface area contributed by atoms with Crippen LogP contribution in [0.2, 0.25) is 0 Å².